The van der Waals surface area contributed by atoms with Crippen LogP contribution in [0, 0.1) is 10.8 Å². The van der Waals surface area contributed by atoms with Crippen LogP contribution in [0.15, 0.2) is 30.6 Å². The quantitative estimate of drug-likeness (QED) is 0.832. The highest BCUT2D eigenvalue weighted by molar-refractivity contribution is 5.81. The second kappa shape index (κ2) is 6.10. The molecular weight excluding hydrogens is 346 g/mol. The molecule has 0 spiro atoms. The number of fused-ring (bicyclic) bond motifs is 3. The molecule has 1 aliphatic carbocycles. The average molecular weight is 378 g/mol. The predicted molar refractivity (Wildman–Crippen MR) is 115 cm³/mol. The van der Waals surface area contributed by atoms with Gasteiger partial charge < -0.3 is 15.5 Å². The van der Waals surface area contributed by atoms with E-state index in [4.69, 9.17) is 5.73 Å². The lowest BCUT2D eigenvalue weighted by atomic mass is 9.65. The van der Waals surface area contributed by atoms with E-state index in [1.165, 1.54) is 30.5 Å². The van der Waals surface area contributed by atoms with Crippen molar-refractivity contribution in [3.63, 3.8) is 0 Å². The summed E-state index contributed by atoms with van der Waals surface area (Å²) in [7, 11) is 0. The summed E-state index contributed by atoms with van der Waals surface area (Å²) in [6.07, 6.45) is 7.65. The van der Waals surface area contributed by atoms with Crippen LogP contribution in [0.3, 0.4) is 0 Å². The van der Waals surface area contributed by atoms with Crippen molar-refractivity contribution < 1.29 is 0 Å². The molecule has 2 bridgehead atoms. The zero-order valence-corrected chi connectivity index (χ0v) is 17.3. The first-order valence-electron chi connectivity index (χ1n) is 10.6. The highest BCUT2D eigenvalue weighted by Gasteiger charge is 2.50. The van der Waals surface area contributed by atoms with E-state index in [-0.39, 0.29) is 0 Å². The fraction of sp³-hybridized carbons (Fsp3) is 0.565. The van der Waals surface area contributed by atoms with E-state index in [1.54, 1.807) is 6.33 Å². The monoisotopic (exact) mass is 377 g/mol. The number of para-hydroxylation sites is 1. The summed E-state index contributed by atoms with van der Waals surface area (Å²) in [4.78, 5) is 14.1. The number of anilines is 4. The molecule has 1 aromatic carbocycles. The van der Waals surface area contributed by atoms with Crippen LogP contribution in [0.5, 0.6) is 0 Å². The van der Waals surface area contributed by atoms with Gasteiger partial charge in [0.1, 0.15) is 12.0 Å². The fourth-order valence-corrected chi connectivity index (χ4v) is 6.28. The SMILES string of the molecule is CC1(C)CC2CC(C)(CN2c2ncnc(N3CCCc4ccccc43)c2N)C1. The first kappa shape index (κ1) is 17.8. The van der Waals surface area contributed by atoms with Gasteiger partial charge in [-0.05, 0) is 54.6 Å². The Morgan fingerprint density at radius 2 is 1.86 bits per heavy atom. The third-order valence-corrected chi connectivity index (χ3v) is 6.89. The average Bonchev–Trinajstić information content (AvgIpc) is 2.90. The molecule has 148 valence electrons. The van der Waals surface area contributed by atoms with E-state index < -0.39 is 0 Å². The van der Waals surface area contributed by atoms with Crippen LogP contribution >= 0.6 is 0 Å². The summed E-state index contributed by atoms with van der Waals surface area (Å²) in [5.41, 5.74) is 10.8. The molecule has 0 radical (unpaired) electrons. The zero-order valence-electron chi connectivity index (χ0n) is 17.3. The molecule has 1 saturated heterocycles. The molecule has 2 aromatic rings. The van der Waals surface area contributed by atoms with Gasteiger partial charge in [0, 0.05) is 24.8 Å². The maximum atomic E-state index is 6.74. The minimum atomic E-state index is 0.349. The Balaban J connectivity index is 1.53. The first-order chi connectivity index (χ1) is 13.4. The molecule has 2 atom stereocenters. The smallest absolute Gasteiger partial charge is 0.161 e. The van der Waals surface area contributed by atoms with Crippen molar-refractivity contribution in [2.75, 3.05) is 28.6 Å². The van der Waals surface area contributed by atoms with Crippen molar-refractivity contribution >= 4 is 23.0 Å². The van der Waals surface area contributed by atoms with Crippen LogP contribution in [0.4, 0.5) is 23.0 Å². The van der Waals surface area contributed by atoms with Crippen molar-refractivity contribution in [2.45, 2.75) is 58.9 Å². The Bertz CT molecular complexity index is 908. The van der Waals surface area contributed by atoms with E-state index in [0.717, 1.165) is 43.3 Å². The Kier molecular flexibility index (Phi) is 3.87. The van der Waals surface area contributed by atoms with E-state index in [0.29, 0.717) is 16.9 Å². The number of nitrogens with two attached hydrogens (primary N) is 1. The second-order valence-electron chi connectivity index (χ2n) is 10.2. The zero-order chi connectivity index (χ0) is 19.5. The predicted octanol–water partition coefficient (Wildman–Crippen LogP) is 4.55. The Hall–Kier alpha value is -2.30. The molecule has 3 aliphatic rings. The Morgan fingerprint density at radius 3 is 2.71 bits per heavy atom. The number of nitrogen functional groups attached to an aromatic ring is 1. The first-order valence-corrected chi connectivity index (χ1v) is 10.6. The molecule has 2 N–H and O–H groups in total. The maximum Gasteiger partial charge on any atom is 0.161 e. The van der Waals surface area contributed by atoms with Crippen LogP contribution in [-0.2, 0) is 6.42 Å². The summed E-state index contributed by atoms with van der Waals surface area (Å²) in [6, 6.07) is 9.13. The molecule has 1 saturated carbocycles. The van der Waals surface area contributed by atoms with Gasteiger partial charge >= 0.3 is 0 Å². The summed E-state index contributed by atoms with van der Waals surface area (Å²) < 4.78 is 0. The molecule has 28 heavy (non-hydrogen) atoms. The maximum absolute atomic E-state index is 6.74. The molecule has 0 amide bonds. The summed E-state index contributed by atoms with van der Waals surface area (Å²) >= 11 is 0. The topological polar surface area (TPSA) is 58.3 Å². The molecule has 1 aromatic heterocycles. The number of nitrogens with zero attached hydrogens (tertiary/aromatic N) is 4. The van der Waals surface area contributed by atoms with Gasteiger partial charge in [0.25, 0.3) is 0 Å². The fourth-order valence-electron chi connectivity index (χ4n) is 6.28. The van der Waals surface area contributed by atoms with Crippen LogP contribution in [0.1, 0.15) is 52.0 Å². The lowest BCUT2D eigenvalue weighted by Gasteiger charge is -2.39. The molecule has 2 aliphatic heterocycles. The molecule has 3 heterocycles. The van der Waals surface area contributed by atoms with Crippen LogP contribution in [0.2, 0.25) is 0 Å². The van der Waals surface area contributed by atoms with Gasteiger partial charge in [-0.25, -0.2) is 9.97 Å². The molecule has 5 nitrogen and oxygen atoms in total. The summed E-state index contributed by atoms with van der Waals surface area (Å²) in [5.74, 6) is 1.79. The van der Waals surface area contributed by atoms with Gasteiger partial charge in [-0.2, -0.15) is 0 Å². The van der Waals surface area contributed by atoms with Crippen LogP contribution < -0.4 is 15.5 Å². The van der Waals surface area contributed by atoms with E-state index in [2.05, 4.69) is 64.8 Å². The minimum Gasteiger partial charge on any atom is -0.393 e. The number of aromatic nitrogens is 2. The normalized spacial score (nSPS) is 28.3. The van der Waals surface area contributed by atoms with Gasteiger partial charge in [0.15, 0.2) is 11.6 Å². The number of aryl methyl sites for hydroxylation is 1. The van der Waals surface area contributed by atoms with Crippen LogP contribution in [0.25, 0.3) is 0 Å². The number of hydrogen-bond acceptors (Lipinski definition) is 5. The Labute approximate surface area is 168 Å². The second-order valence-corrected chi connectivity index (χ2v) is 10.2. The highest BCUT2D eigenvalue weighted by atomic mass is 15.3. The van der Waals surface area contributed by atoms with Crippen molar-refractivity contribution in [2.24, 2.45) is 10.8 Å². The standard InChI is InChI=1S/C23H31N5/c1-22(2)11-17-12-23(3,13-22)14-28(17)21-19(24)20(25-15-26-21)27-10-6-8-16-7-4-5-9-18(16)27/h4-5,7,9,15,17H,6,8,10-14,24H2,1-3H3. The Morgan fingerprint density at radius 1 is 1.07 bits per heavy atom. The van der Waals surface area contributed by atoms with E-state index >= 15 is 0 Å². The summed E-state index contributed by atoms with van der Waals surface area (Å²) in [6.45, 7) is 9.23. The molecule has 5 rings (SSSR count). The largest absolute Gasteiger partial charge is 0.393 e. The van der Waals surface area contributed by atoms with E-state index in [9.17, 15) is 0 Å². The molecular formula is C23H31N5. The number of rotatable bonds is 2. The highest BCUT2D eigenvalue weighted by Crippen LogP contribution is 2.54. The minimum absolute atomic E-state index is 0.349. The number of hydrogen-bond donors (Lipinski definition) is 1. The van der Waals surface area contributed by atoms with E-state index in [1.807, 2.05) is 0 Å². The van der Waals surface area contributed by atoms with Gasteiger partial charge in [-0.1, -0.05) is 39.0 Å². The lowest BCUT2D eigenvalue weighted by molar-refractivity contribution is 0.136. The van der Waals surface area contributed by atoms with Crippen LogP contribution in [-0.4, -0.2) is 29.1 Å². The molecule has 5 heteroatoms. The van der Waals surface area contributed by atoms with Gasteiger partial charge in [0.05, 0.1) is 0 Å². The van der Waals surface area contributed by atoms with Gasteiger partial charge in [-0.3, -0.25) is 0 Å². The number of benzene rings is 1. The van der Waals surface area contributed by atoms with Crippen molar-refractivity contribution in [1.82, 2.24) is 9.97 Å². The molecule has 2 unspecified atom stereocenters. The van der Waals surface area contributed by atoms with Gasteiger partial charge in [-0.15, -0.1) is 0 Å². The van der Waals surface area contributed by atoms with Crippen molar-refractivity contribution in [3.8, 4) is 0 Å². The third kappa shape index (κ3) is 2.83. The van der Waals surface area contributed by atoms with Crippen molar-refractivity contribution in [1.29, 1.82) is 0 Å². The van der Waals surface area contributed by atoms with Crippen molar-refractivity contribution in [3.05, 3.63) is 36.2 Å². The third-order valence-electron chi connectivity index (χ3n) is 6.89. The summed E-state index contributed by atoms with van der Waals surface area (Å²) in [5, 5.41) is 0. The molecule has 2 fully saturated rings. The lowest BCUT2D eigenvalue weighted by Crippen LogP contribution is -2.35. The van der Waals surface area contributed by atoms with Gasteiger partial charge in [0.2, 0.25) is 0 Å².